The van der Waals surface area contributed by atoms with Crippen LogP contribution in [-0.4, -0.2) is 5.11 Å². The van der Waals surface area contributed by atoms with Crippen LogP contribution in [0.1, 0.15) is 25.0 Å². The Morgan fingerprint density at radius 2 is 1.71 bits per heavy atom. The fraction of sp³-hybridized carbons (Fsp3) is 0.300. The molecule has 0 radical (unpaired) electrons. The van der Waals surface area contributed by atoms with Gasteiger partial charge in [-0.15, -0.1) is 0 Å². The maximum Gasteiger partial charge on any atom is 0.144 e. The summed E-state index contributed by atoms with van der Waals surface area (Å²) in [7, 11) is 0. The van der Waals surface area contributed by atoms with Gasteiger partial charge in [0, 0.05) is 0 Å². The van der Waals surface area contributed by atoms with E-state index >= 15 is 0 Å². The van der Waals surface area contributed by atoms with Crippen LogP contribution in [0.4, 0.5) is 8.78 Å². The van der Waals surface area contributed by atoms with Crippen molar-refractivity contribution in [1.29, 1.82) is 5.26 Å². The first-order valence-corrected chi connectivity index (χ1v) is 3.98. The van der Waals surface area contributed by atoms with Gasteiger partial charge in [-0.2, -0.15) is 5.26 Å². The second-order valence-corrected chi connectivity index (χ2v) is 3.49. The normalized spacial score (nSPS) is 11.1. The molecular formula is C10H9F2NO. The van der Waals surface area contributed by atoms with Gasteiger partial charge in [0.15, 0.2) is 0 Å². The number of benzene rings is 1. The summed E-state index contributed by atoms with van der Waals surface area (Å²) in [5.41, 5.74) is -1.85. The first-order valence-electron chi connectivity index (χ1n) is 3.98. The van der Waals surface area contributed by atoms with Gasteiger partial charge in [-0.3, -0.25) is 0 Å². The fourth-order valence-electron chi connectivity index (χ4n) is 1.03. The SMILES string of the molecule is CC(C)(O)c1cc(F)c(C#N)c(F)c1. The Labute approximate surface area is 80.4 Å². The van der Waals surface area contributed by atoms with Gasteiger partial charge < -0.3 is 5.11 Å². The average molecular weight is 197 g/mol. The lowest BCUT2D eigenvalue weighted by molar-refractivity contribution is 0.0778. The lowest BCUT2D eigenvalue weighted by atomic mass is 9.97. The summed E-state index contributed by atoms with van der Waals surface area (Å²) in [6.45, 7) is 2.82. The predicted octanol–water partition coefficient (Wildman–Crippen LogP) is 2.06. The van der Waals surface area contributed by atoms with Gasteiger partial charge >= 0.3 is 0 Å². The molecule has 0 unspecified atom stereocenters. The Morgan fingerprint density at radius 1 is 1.29 bits per heavy atom. The van der Waals surface area contributed by atoms with Crippen molar-refractivity contribution in [2.45, 2.75) is 19.4 Å². The zero-order chi connectivity index (χ0) is 10.9. The number of aliphatic hydroxyl groups is 1. The van der Waals surface area contributed by atoms with Crippen molar-refractivity contribution < 1.29 is 13.9 Å². The molecule has 2 nitrogen and oxygen atoms in total. The summed E-state index contributed by atoms with van der Waals surface area (Å²) in [6.07, 6.45) is 0. The lowest BCUT2D eigenvalue weighted by Gasteiger charge is -2.17. The molecule has 1 aromatic rings. The summed E-state index contributed by atoms with van der Waals surface area (Å²) < 4.78 is 26.1. The van der Waals surface area contributed by atoms with Crippen molar-refractivity contribution >= 4 is 0 Å². The van der Waals surface area contributed by atoms with E-state index in [2.05, 4.69) is 0 Å². The molecule has 0 aliphatic heterocycles. The molecule has 14 heavy (non-hydrogen) atoms. The summed E-state index contributed by atoms with van der Waals surface area (Å²) in [5.74, 6) is -1.91. The Kier molecular flexibility index (Phi) is 2.54. The lowest BCUT2D eigenvalue weighted by Crippen LogP contribution is -2.16. The highest BCUT2D eigenvalue weighted by molar-refractivity contribution is 5.36. The van der Waals surface area contributed by atoms with Gasteiger partial charge in [0.05, 0.1) is 5.60 Å². The molecule has 0 saturated carbocycles. The third-order valence-corrected chi connectivity index (χ3v) is 1.86. The van der Waals surface area contributed by atoms with E-state index in [0.717, 1.165) is 12.1 Å². The van der Waals surface area contributed by atoms with Gasteiger partial charge in [0.25, 0.3) is 0 Å². The highest BCUT2D eigenvalue weighted by Crippen LogP contribution is 2.23. The van der Waals surface area contributed by atoms with Gasteiger partial charge in [-0.05, 0) is 31.5 Å². The minimum Gasteiger partial charge on any atom is -0.386 e. The van der Waals surface area contributed by atoms with Crippen molar-refractivity contribution in [1.82, 2.24) is 0 Å². The van der Waals surface area contributed by atoms with Crippen LogP contribution in [0.5, 0.6) is 0 Å². The van der Waals surface area contributed by atoms with E-state index in [1.807, 2.05) is 0 Å². The van der Waals surface area contributed by atoms with E-state index in [4.69, 9.17) is 5.26 Å². The van der Waals surface area contributed by atoms with E-state index in [1.54, 1.807) is 0 Å². The van der Waals surface area contributed by atoms with E-state index < -0.39 is 22.8 Å². The molecule has 0 amide bonds. The Balaban J connectivity index is 3.37. The molecule has 0 aliphatic carbocycles. The molecule has 1 N–H and O–H groups in total. The standard InChI is InChI=1S/C10H9F2NO/c1-10(2,14)6-3-8(11)7(5-13)9(12)4-6/h3-4,14H,1-2H3. The number of nitriles is 1. The van der Waals surface area contributed by atoms with Crippen molar-refractivity contribution in [3.05, 3.63) is 34.9 Å². The zero-order valence-corrected chi connectivity index (χ0v) is 7.81. The minimum absolute atomic E-state index is 0.103. The largest absolute Gasteiger partial charge is 0.386 e. The first-order chi connectivity index (χ1) is 6.36. The summed E-state index contributed by atoms with van der Waals surface area (Å²) >= 11 is 0. The Morgan fingerprint density at radius 3 is 2.00 bits per heavy atom. The third kappa shape index (κ3) is 1.88. The van der Waals surface area contributed by atoms with E-state index in [9.17, 15) is 13.9 Å². The number of hydrogen-bond donors (Lipinski definition) is 1. The molecule has 4 heteroatoms. The minimum atomic E-state index is -1.32. The molecule has 74 valence electrons. The average Bonchev–Trinajstić information content (AvgIpc) is 2.01. The Bertz CT molecular complexity index is 379. The maximum absolute atomic E-state index is 13.1. The number of rotatable bonds is 1. The van der Waals surface area contributed by atoms with E-state index in [-0.39, 0.29) is 5.56 Å². The summed E-state index contributed by atoms with van der Waals surface area (Å²) in [6, 6.07) is 3.33. The van der Waals surface area contributed by atoms with E-state index in [0.29, 0.717) is 0 Å². The van der Waals surface area contributed by atoms with Crippen molar-refractivity contribution in [3.63, 3.8) is 0 Å². The monoisotopic (exact) mass is 197 g/mol. The molecule has 0 spiro atoms. The molecule has 0 atom stereocenters. The highest BCUT2D eigenvalue weighted by atomic mass is 19.1. The van der Waals surface area contributed by atoms with Crippen LogP contribution in [0.15, 0.2) is 12.1 Å². The molecule has 0 bridgehead atoms. The van der Waals surface area contributed by atoms with Crippen molar-refractivity contribution in [3.8, 4) is 6.07 Å². The summed E-state index contributed by atoms with van der Waals surface area (Å²) in [5, 5.41) is 17.9. The Hall–Kier alpha value is -1.47. The van der Waals surface area contributed by atoms with Crippen LogP contribution in [0, 0.1) is 23.0 Å². The second-order valence-electron chi connectivity index (χ2n) is 3.49. The van der Waals surface area contributed by atoms with Gasteiger partial charge in [0.1, 0.15) is 23.3 Å². The van der Waals surface area contributed by atoms with Crippen LogP contribution >= 0.6 is 0 Å². The second kappa shape index (κ2) is 3.35. The van der Waals surface area contributed by atoms with Crippen LogP contribution in [0.25, 0.3) is 0 Å². The fourth-order valence-corrected chi connectivity index (χ4v) is 1.03. The van der Waals surface area contributed by atoms with Crippen LogP contribution in [0.2, 0.25) is 0 Å². The van der Waals surface area contributed by atoms with Crippen LogP contribution in [-0.2, 0) is 5.60 Å². The molecule has 1 aromatic carbocycles. The van der Waals surface area contributed by atoms with Crippen molar-refractivity contribution in [2.75, 3.05) is 0 Å². The van der Waals surface area contributed by atoms with Crippen LogP contribution < -0.4 is 0 Å². The first kappa shape index (κ1) is 10.6. The predicted molar refractivity (Wildman–Crippen MR) is 46.3 cm³/mol. The highest BCUT2D eigenvalue weighted by Gasteiger charge is 2.20. The topological polar surface area (TPSA) is 44.0 Å². The van der Waals surface area contributed by atoms with Crippen molar-refractivity contribution in [2.24, 2.45) is 0 Å². The van der Waals surface area contributed by atoms with E-state index in [1.165, 1.54) is 19.9 Å². The van der Waals surface area contributed by atoms with Gasteiger partial charge in [-0.25, -0.2) is 8.78 Å². The number of halogens is 2. The molecule has 0 saturated heterocycles. The van der Waals surface area contributed by atoms with Crippen LogP contribution in [0.3, 0.4) is 0 Å². The molecular weight excluding hydrogens is 188 g/mol. The quantitative estimate of drug-likeness (QED) is 0.748. The molecule has 0 aromatic heterocycles. The van der Waals surface area contributed by atoms with Gasteiger partial charge in [0.2, 0.25) is 0 Å². The van der Waals surface area contributed by atoms with Gasteiger partial charge in [-0.1, -0.05) is 0 Å². The number of hydrogen-bond acceptors (Lipinski definition) is 2. The molecule has 0 fully saturated rings. The smallest absolute Gasteiger partial charge is 0.144 e. The summed E-state index contributed by atoms with van der Waals surface area (Å²) in [4.78, 5) is 0. The molecule has 0 aliphatic rings. The number of nitrogens with zero attached hydrogens (tertiary/aromatic N) is 1. The third-order valence-electron chi connectivity index (χ3n) is 1.86. The zero-order valence-electron chi connectivity index (χ0n) is 7.81. The molecule has 1 rings (SSSR count). The maximum atomic E-state index is 13.1. The molecule has 0 heterocycles.